The molecule has 4 nitrogen and oxygen atoms in total. The molecule has 244 valence electrons. The van der Waals surface area contributed by atoms with Crippen LogP contribution in [0, 0.1) is 0 Å². The van der Waals surface area contributed by atoms with Crippen LogP contribution in [0.1, 0.15) is 0 Å². The summed E-state index contributed by atoms with van der Waals surface area (Å²) in [6.45, 7) is 0. The van der Waals surface area contributed by atoms with E-state index in [4.69, 9.17) is 13.3 Å². The molecule has 11 aromatic rings. The van der Waals surface area contributed by atoms with Crippen LogP contribution in [0.2, 0.25) is 0 Å². The molecule has 52 heavy (non-hydrogen) atoms. The number of furan rings is 3. The second kappa shape index (κ2) is 11.2. The van der Waals surface area contributed by atoms with Crippen LogP contribution >= 0.6 is 0 Å². The highest BCUT2D eigenvalue weighted by Crippen LogP contribution is 2.46. The van der Waals surface area contributed by atoms with Gasteiger partial charge in [0.2, 0.25) is 0 Å². The summed E-state index contributed by atoms with van der Waals surface area (Å²) >= 11 is 0. The second-order valence-electron chi connectivity index (χ2n) is 13.2. The summed E-state index contributed by atoms with van der Waals surface area (Å²) in [6.07, 6.45) is 0. The van der Waals surface area contributed by atoms with Crippen LogP contribution in [0.15, 0.2) is 189 Å². The SMILES string of the molecule is c1ccc(N(c2ccccc2)c2cccc3oc4cccc(-c5ccc6c(c5)oc5cc(-c7cccc8c7oc7ccccc78)ccc56)c4c23)cc1. The molecule has 0 unspecified atom stereocenters. The zero-order valence-corrected chi connectivity index (χ0v) is 27.9. The van der Waals surface area contributed by atoms with Crippen LogP contribution in [0.5, 0.6) is 0 Å². The van der Waals surface area contributed by atoms with Gasteiger partial charge in [-0.3, -0.25) is 0 Å². The van der Waals surface area contributed by atoms with Gasteiger partial charge < -0.3 is 18.2 Å². The van der Waals surface area contributed by atoms with Gasteiger partial charge in [0.15, 0.2) is 0 Å². The standard InChI is InChI=1S/C48H29NO3/c1-3-12-32(13-4-1)49(33-14-5-2-6-15-33)40-20-11-23-43-47(40)46-34(17-10-22-42(46)50-43)30-24-26-37-38-27-25-31(29-45(38)51-44(37)28-30)35-18-9-19-39-36-16-7-8-21-41(36)52-48(35)39/h1-29H. The number of para-hydroxylation sites is 4. The first-order valence-corrected chi connectivity index (χ1v) is 17.5. The second-order valence-corrected chi connectivity index (χ2v) is 13.2. The molecule has 0 aliphatic heterocycles. The van der Waals surface area contributed by atoms with Gasteiger partial charge in [0.1, 0.15) is 33.5 Å². The fraction of sp³-hybridized carbons (Fsp3) is 0. The van der Waals surface area contributed by atoms with Crippen molar-refractivity contribution in [1.82, 2.24) is 0 Å². The lowest BCUT2D eigenvalue weighted by Gasteiger charge is -2.26. The van der Waals surface area contributed by atoms with Gasteiger partial charge in [-0.1, -0.05) is 103 Å². The average molecular weight is 668 g/mol. The average Bonchev–Trinajstić information content (AvgIpc) is 3.89. The molecule has 0 saturated heterocycles. The molecule has 0 radical (unpaired) electrons. The van der Waals surface area contributed by atoms with E-state index in [2.05, 4.69) is 169 Å². The van der Waals surface area contributed by atoms with E-state index in [0.29, 0.717) is 0 Å². The van der Waals surface area contributed by atoms with Crippen LogP contribution in [0.3, 0.4) is 0 Å². The number of hydrogen-bond acceptors (Lipinski definition) is 4. The Kier molecular flexibility index (Phi) is 6.22. The molecule has 0 amide bonds. The third-order valence-corrected chi connectivity index (χ3v) is 10.3. The van der Waals surface area contributed by atoms with E-state index in [1.807, 2.05) is 12.1 Å². The summed E-state index contributed by atoms with van der Waals surface area (Å²) in [6, 6.07) is 61.2. The maximum absolute atomic E-state index is 6.64. The summed E-state index contributed by atoms with van der Waals surface area (Å²) in [7, 11) is 0. The van der Waals surface area contributed by atoms with Gasteiger partial charge in [0.25, 0.3) is 0 Å². The lowest BCUT2D eigenvalue weighted by atomic mass is 9.97. The number of benzene rings is 8. The number of anilines is 3. The topological polar surface area (TPSA) is 42.7 Å². The maximum atomic E-state index is 6.64. The summed E-state index contributed by atoms with van der Waals surface area (Å²) in [4.78, 5) is 2.31. The van der Waals surface area contributed by atoms with Gasteiger partial charge in [-0.25, -0.2) is 0 Å². The zero-order chi connectivity index (χ0) is 34.2. The van der Waals surface area contributed by atoms with Gasteiger partial charge in [-0.05, 0) is 89.5 Å². The van der Waals surface area contributed by atoms with Crippen LogP contribution < -0.4 is 4.90 Å². The van der Waals surface area contributed by atoms with Gasteiger partial charge in [-0.15, -0.1) is 0 Å². The molecule has 0 saturated carbocycles. The Balaban J connectivity index is 1.08. The first-order valence-electron chi connectivity index (χ1n) is 17.5. The molecule has 0 fully saturated rings. The minimum atomic E-state index is 0.840. The molecule has 0 N–H and O–H groups in total. The maximum Gasteiger partial charge on any atom is 0.143 e. The Hall–Kier alpha value is -7.04. The van der Waals surface area contributed by atoms with Crippen molar-refractivity contribution in [1.29, 1.82) is 0 Å². The van der Waals surface area contributed by atoms with E-state index in [1.165, 1.54) is 0 Å². The van der Waals surface area contributed by atoms with Crippen molar-refractivity contribution in [3.8, 4) is 22.3 Å². The molecule has 3 heterocycles. The Morgan fingerprint density at radius 3 is 1.58 bits per heavy atom. The predicted molar refractivity (Wildman–Crippen MR) is 214 cm³/mol. The van der Waals surface area contributed by atoms with Gasteiger partial charge in [-0.2, -0.15) is 0 Å². The Morgan fingerprint density at radius 2 is 0.846 bits per heavy atom. The van der Waals surface area contributed by atoms with Gasteiger partial charge in [0.05, 0.1) is 11.1 Å². The van der Waals surface area contributed by atoms with Crippen LogP contribution in [0.4, 0.5) is 17.1 Å². The molecule has 0 atom stereocenters. The van der Waals surface area contributed by atoms with Crippen molar-refractivity contribution in [3.63, 3.8) is 0 Å². The minimum absolute atomic E-state index is 0.840. The molecule has 11 rings (SSSR count). The van der Waals surface area contributed by atoms with Crippen molar-refractivity contribution >= 4 is 82.9 Å². The van der Waals surface area contributed by atoms with E-state index in [-0.39, 0.29) is 0 Å². The highest BCUT2D eigenvalue weighted by atomic mass is 16.3. The third-order valence-electron chi connectivity index (χ3n) is 10.3. The molecule has 0 bridgehead atoms. The molecule has 8 aromatic carbocycles. The lowest BCUT2D eigenvalue weighted by molar-refractivity contribution is 0.667. The van der Waals surface area contributed by atoms with Crippen molar-refractivity contribution < 1.29 is 13.3 Å². The van der Waals surface area contributed by atoms with Crippen LogP contribution in [0.25, 0.3) is 88.1 Å². The number of rotatable bonds is 5. The molecular weight excluding hydrogens is 639 g/mol. The molecule has 0 aliphatic carbocycles. The fourth-order valence-corrected chi connectivity index (χ4v) is 7.94. The first-order chi connectivity index (χ1) is 25.8. The molecule has 4 heteroatoms. The number of nitrogens with zero attached hydrogens (tertiary/aromatic N) is 1. The Labute approximate surface area is 298 Å². The van der Waals surface area contributed by atoms with Gasteiger partial charge in [0, 0.05) is 43.9 Å². The van der Waals surface area contributed by atoms with E-state index in [9.17, 15) is 0 Å². The Morgan fingerprint density at radius 1 is 0.327 bits per heavy atom. The van der Waals surface area contributed by atoms with Crippen molar-refractivity contribution in [2.75, 3.05) is 4.90 Å². The highest BCUT2D eigenvalue weighted by molar-refractivity contribution is 6.19. The molecule has 0 spiro atoms. The summed E-state index contributed by atoms with van der Waals surface area (Å²) in [5.74, 6) is 0. The zero-order valence-electron chi connectivity index (χ0n) is 27.9. The first kappa shape index (κ1) is 28.8. The van der Waals surface area contributed by atoms with E-state index < -0.39 is 0 Å². The quantitative estimate of drug-likeness (QED) is 0.183. The fourth-order valence-electron chi connectivity index (χ4n) is 7.94. The van der Waals surface area contributed by atoms with E-state index in [1.54, 1.807) is 0 Å². The molecule has 0 aliphatic rings. The lowest BCUT2D eigenvalue weighted by Crippen LogP contribution is -2.10. The van der Waals surface area contributed by atoms with Crippen LogP contribution in [-0.4, -0.2) is 0 Å². The number of fused-ring (bicyclic) bond motifs is 9. The molecular formula is C48H29NO3. The largest absolute Gasteiger partial charge is 0.456 e. The van der Waals surface area contributed by atoms with E-state index >= 15 is 0 Å². The monoisotopic (exact) mass is 667 g/mol. The Bertz CT molecular complexity index is 3090. The summed E-state index contributed by atoms with van der Waals surface area (Å²) in [5, 5.41) is 6.53. The van der Waals surface area contributed by atoms with Crippen molar-refractivity contribution in [3.05, 3.63) is 176 Å². The summed E-state index contributed by atoms with van der Waals surface area (Å²) < 4.78 is 19.6. The van der Waals surface area contributed by atoms with E-state index in [0.717, 1.165) is 105 Å². The number of hydrogen-bond donors (Lipinski definition) is 0. The molecule has 3 aromatic heterocycles. The smallest absolute Gasteiger partial charge is 0.143 e. The highest BCUT2D eigenvalue weighted by Gasteiger charge is 2.22. The van der Waals surface area contributed by atoms with Crippen LogP contribution in [-0.2, 0) is 0 Å². The normalized spacial score (nSPS) is 11.8. The van der Waals surface area contributed by atoms with Gasteiger partial charge >= 0.3 is 0 Å². The van der Waals surface area contributed by atoms with Crippen molar-refractivity contribution in [2.45, 2.75) is 0 Å². The minimum Gasteiger partial charge on any atom is -0.456 e. The summed E-state index contributed by atoms with van der Waals surface area (Å²) in [5.41, 5.74) is 12.6. The van der Waals surface area contributed by atoms with Crippen molar-refractivity contribution in [2.24, 2.45) is 0 Å². The predicted octanol–water partition coefficient (Wildman–Crippen LogP) is 14.2. The third kappa shape index (κ3) is 4.34.